The SMILES string of the molecule is Cc1ncc(S(=O)(=O)N2CCCNC(=O)C2CC(C)C)s1. The average Bonchev–Trinajstić information content (AvgIpc) is 2.75. The maximum Gasteiger partial charge on any atom is 0.254 e. The summed E-state index contributed by atoms with van der Waals surface area (Å²) in [7, 11) is -3.66. The van der Waals surface area contributed by atoms with Crippen LogP contribution in [0, 0.1) is 12.8 Å². The van der Waals surface area contributed by atoms with Crippen LogP contribution in [-0.4, -0.2) is 42.7 Å². The average molecular weight is 331 g/mol. The van der Waals surface area contributed by atoms with Gasteiger partial charge in [0.05, 0.1) is 11.2 Å². The summed E-state index contributed by atoms with van der Waals surface area (Å²) in [5.41, 5.74) is 0. The summed E-state index contributed by atoms with van der Waals surface area (Å²) in [5.74, 6) is 0.0331. The van der Waals surface area contributed by atoms with Gasteiger partial charge >= 0.3 is 0 Å². The molecule has 21 heavy (non-hydrogen) atoms. The Kier molecular flexibility index (Phi) is 5.00. The first-order valence-corrected chi connectivity index (χ1v) is 9.30. The molecule has 0 saturated carbocycles. The van der Waals surface area contributed by atoms with Crippen molar-refractivity contribution in [2.75, 3.05) is 13.1 Å². The Morgan fingerprint density at radius 1 is 1.52 bits per heavy atom. The van der Waals surface area contributed by atoms with Crippen molar-refractivity contribution in [1.29, 1.82) is 0 Å². The molecule has 1 aliphatic heterocycles. The molecule has 2 heterocycles. The number of nitrogens with zero attached hydrogens (tertiary/aromatic N) is 2. The molecule has 118 valence electrons. The number of sulfonamides is 1. The highest BCUT2D eigenvalue weighted by atomic mass is 32.2. The van der Waals surface area contributed by atoms with E-state index in [2.05, 4.69) is 10.3 Å². The summed E-state index contributed by atoms with van der Waals surface area (Å²) in [6.45, 7) is 6.61. The van der Waals surface area contributed by atoms with E-state index in [9.17, 15) is 13.2 Å². The van der Waals surface area contributed by atoms with Crippen molar-refractivity contribution in [1.82, 2.24) is 14.6 Å². The molecule has 1 aromatic heterocycles. The van der Waals surface area contributed by atoms with Crippen LogP contribution in [0.1, 0.15) is 31.7 Å². The number of nitrogens with one attached hydrogen (secondary N) is 1. The first-order chi connectivity index (χ1) is 9.82. The molecule has 1 aliphatic rings. The Balaban J connectivity index is 2.38. The molecule has 1 atom stereocenters. The topological polar surface area (TPSA) is 79.4 Å². The van der Waals surface area contributed by atoms with E-state index in [0.717, 1.165) is 11.3 Å². The van der Waals surface area contributed by atoms with Gasteiger partial charge in [0, 0.05) is 13.1 Å². The van der Waals surface area contributed by atoms with Gasteiger partial charge in [0.15, 0.2) is 4.21 Å². The van der Waals surface area contributed by atoms with Gasteiger partial charge in [-0.2, -0.15) is 4.31 Å². The summed E-state index contributed by atoms with van der Waals surface area (Å²) in [6, 6.07) is -0.639. The standard InChI is InChI=1S/C13H21N3O3S2/c1-9(2)7-11-13(17)14-5-4-6-16(11)21(18,19)12-8-15-10(3)20-12/h8-9,11H,4-7H2,1-3H3,(H,14,17). The fourth-order valence-electron chi connectivity index (χ4n) is 2.39. The third-order valence-corrected chi connectivity index (χ3v) is 6.62. The molecule has 0 spiro atoms. The van der Waals surface area contributed by atoms with Crippen molar-refractivity contribution in [3.05, 3.63) is 11.2 Å². The van der Waals surface area contributed by atoms with E-state index < -0.39 is 16.1 Å². The van der Waals surface area contributed by atoms with Gasteiger partial charge in [-0.3, -0.25) is 4.79 Å². The second-order valence-corrected chi connectivity index (χ2v) is 8.96. The second-order valence-electron chi connectivity index (χ2n) is 5.60. The maximum absolute atomic E-state index is 12.8. The first kappa shape index (κ1) is 16.4. The third-order valence-electron chi connectivity index (χ3n) is 3.36. The molecular weight excluding hydrogens is 310 g/mol. The van der Waals surface area contributed by atoms with Crippen LogP contribution < -0.4 is 5.32 Å². The predicted octanol–water partition coefficient (Wildman–Crippen LogP) is 1.38. The lowest BCUT2D eigenvalue weighted by Crippen LogP contribution is -2.47. The number of hydrogen-bond donors (Lipinski definition) is 1. The molecule has 0 bridgehead atoms. The number of aryl methyl sites for hydroxylation is 1. The minimum atomic E-state index is -3.66. The maximum atomic E-state index is 12.8. The van der Waals surface area contributed by atoms with E-state index in [4.69, 9.17) is 0 Å². The number of amides is 1. The van der Waals surface area contributed by atoms with Gasteiger partial charge in [-0.25, -0.2) is 13.4 Å². The fraction of sp³-hybridized carbons (Fsp3) is 0.692. The smallest absolute Gasteiger partial charge is 0.254 e. The molecule has 1 saturated heterocycles. The minimum Gasteiger partial charge on any atom is -0.355 e. The molecule has 1 N–H and O–H groups in total. The Morgan fingerprint density at radius 3 is 2.81 bits per heavy atom. The lowest BCUT2D eigenvalue weighted by molar-refractivity contribution is -0.124. The van der Waals surface area contributed by atoms with Crippen LogP contribution in [0.4, 0.5) is 0 Å². The summed E-state index contributed by atoms with van der Waals surface area (Å²) >= 11 is 1.14. The molecule has 1 fully saturated rings. The van der Waals surface area contributed by atoms with Gasteiger partial charge in [0.25, 0.3) is 10.0 Å². The Morgan fingerprint density at radius 2 is 2.24 bits per heavy atom. The lowest BCUT2D eigenvalue weighted by atomic mass is 10.0. The zero-order valence-corrected chi connectivity index (χ0v) is 14.1. The van der Waals surface area contributed by atoms with Crippen LogP contribution >= 0.6 is 11.3 Å². The van der Waals surface area contributed by atoms with Crippen molar-refractivity contribution in [3.63, 3.8) is 0 Å². The van der Waals surface area contributed by atoms with Crippen molar-refractivity contribution in [2.45, 2.75) is 43.9 Å². The molecule has 0 radical (unpaired) electrons. The van der Waals surface area contributed by atoms with E-state index >= 15 is 0 Å². The van der Waals surface area contributed by atoms with Gasteiger partial charge in [-0.15, -0.1) is 11.3 Å². The van der Waals surface area contributed by atoms with Crippen LogP contribution in [0.25, 0.3) is 0 Å². The highest BCUT2D eigenvalue weighted by Crippen LogP contribution is 2.27. The highest BCUT2D eigenvalue weighted by molar-refractivity contribution is 7.91. The lowest BCUT2D eigenvalue weighted by Gasteiger charge is -2.28. The molecular formula is C13H21N3O3S2. The molecule has 1 amide bonds. The Bertz CT molecular complexity index is 610. The summed E-state index contributed by atoms with van der Waals surface area (Å²) in [6.07, 6.45) is 2.52. The molecule has 0 aromatic carbocycles. The minimum absolute atomic E-state index is 0.203. The van der Waals surface area contributed by atoms with Crippen LogP contribution in [0.15, 0.2) is 10.4 Å². The molecule has 2 rings (SSSR count). The van der Waals surface area contributed by atoms with Crippen molar-refractivity contribution >= 4 is 27.3 Å². The summed E-state index contributed by atoms with van der Waals surface area (Å²) in [5, 5.41) is 3.50. The zero-order valence-electron chi connectivity index (χ0n) is 12.5. The number of thiazole rings is 1. The van der Waals surface area contributed by atoms with Gasteiger partial charge in [0.2, 0.25) is 5.91 Å². The van der Waals surface area contributed by atoms with Gasteiger partial charge in [-0.1, -0.05) is 13.8 Å². The van der Waals surface area contributed by atoms with Gasteiger partial charge in [0.1, 0.15) is 6.04 Å². The monoisotopic (exact) mass is 331 g/mol. The van der Waals surface area contributed by atoms with E-state index in [0.29, 0.717) is 30.9 Å². The van der Waals surface area contributed by atoms with Crippen LogP contribution in [0.5, 0.6) is 0 Å². The number of carbonyl (C=O) groups is 1. The predicted molar refractivity (Wildman–Crippen MR) is 81.6 cm³/mol. The molecule has 1 unspecified atom stereocenters. The number of hydrogen-bond acceptors (Lipinski definition) is 5. The van der Waals surface area contributed by atoms with Gasteiger partial charge < -0.3 is 5.32 Å². The zero-order chi connectivity index (χ0) is 15.6. The number of carbonyl (C=O) groups excluding carboxylic acids is 1. The normalized spacial score (nSPS) is 21.3. The van der Waals surface area contributed by atoms with Crippen LogP contribution in [-0.2, 0) is 14.8 Å². The molecule has 8 heteroatoms. The Labute approximate surface area is 129 Å². The second kappa shape index (κ2) is 6.41. The van der Waals surface area contributed by atoms with Crippen LogP contribution in [0.2, 0.25) is 0 Å². The van der Waals surface area contributed by atoms with Crippen molar-refractivity contribution < 1.29 is 13.2 Å². The Hall–Kier alpha value is -0.990. The van der Waals surface area contributed by atoms with E-state index in [-0.39, 0.29) is 16.0 Å². The van der Waals surface area contributed by atoms with Gasteiger partial charge in [-0.05, 0) is 25.7 Å². The number of rotatable bonds is 4. The summed E-state index contributed by atoms with van der Waals surface area (Å²) < 4.78 is 27.2. The van der Waals surface area contributed by atoms with Crippen molar-refractivity contribution in [2.24, 2.45) is 5.92 Å². The molecule has 0 aliphatic carbocycles. The summed E-state index contributed by atoms with van der Waals surface area (Å²) in [4.78, 5) is 16.2. The first-order valence-electron chi connectivity index (χ1n) is 7.04. The highest BCUT2D eigenvalue weighted by Gasteiger charge is 2.38. The fourth-order valence-corrected chi connectivity index (χ4v) is 5.26. The third kappa shape index (κ3) is 3.61. The molecule has 6 nitrogen and oxygen atoms in total. The van der Waals surface area contributed by atoms with E-state index in [1.165, 1.54) is 10.5 Å². The largest absolute Gasteiger partial charge is 0.355 e. The van der Waals surface area contributed by atoms with E-state index in [1.54, 1.807) is 6.92 Å². The van der Waals surface area contributed by atoms with Crippen molar-refractivity contribution in [3.8, 4) is 0 Å². The number of aromatic nitrogens is 1. The molecule has 1 aromatic rings. The van der Waals surface area contributed by atoms with Crippen LogP contribution in [0.3, 0.4) is 0 Å². The quantitative estimate of drug-likeness (QED) is 0.904. The van der Waals surface area contributed by atoms with E-state index in [1.807, 2.05) is 13.8 Å².